The number of carbonyl (C=O) groups is 1. The summed E-state index contributed by atoms with van der Waals surface area (Å²) in [6.45, 7) is 2.11. The molecule has 0 saturated carbocycles. The first-order valence-corrected chi connectivity index (χ1v) is 5.31. The van der Waals surface area contributed by atoms with Crippen molar-refractivity contribution in [2.24, 2.45) is 0 Å². The van der Waals surface area contributed by atoms with Crippen molar-refractivity contribution in [1.82, 2.24) is 5.32 Å². The van der Waals surface area contributed by atoms with Gasteiger partial charge in [-0.1, -0.05) is 12.1 Å². The van der Waals surface area contributed by atoms with E-state index in [4.69, 9.17) is 5.11 Å². The first-order valence-electron chi connectivity index (χ1n) is 5.31. The van der Waals surface area contributed by atoms with Gasteiger partial charge in [0.25, 0.3) is 0 Å². The van der Waals surface area contributed by atoms with E-state index < -0.39 is 5.97 Å². The van der Waals surface area contributed by atoms with Gasteiger partial charge < -0.3 is 10.4 Å². The van der Waals surface area contributed by atoms with Gasteiger partial charge in [0.05, 0.1) is 5.56 Å². The molecule has 0 amide bonds. The zero-order valence-corrected chi connectivity index (χ0v) is 9.80. The number of rotatable bonds is 2. The summed E-state index contributed by atoms with van der Waals surface area (Å²) in [7, 11) is 0. The number of piperidine rings is 1. The molecule has 2 rings (SSSR count). The highest BCUT2D eigenvalue weighted by atomic mass is 35.5. The first-order chi connectivity index (χ1) is 7.27. The summed E-state index contributed by atoms with van der Waals surface area (Å²) in [5, 5.41) is 12.1. The van der Waals surface area contributed by atoms with E-state index in [9.17, 15) is 4.79 Å². The van der Waals surface area contributed by atoms with E-state index in [0.29, 0.717) is 11.5 Å². The third kappa shape index (κ3) is 2.97. The SMILES string of the molecule is Cl.O=C(O)c1ccc([C@@H]2CCCNC2)cc1. The van der Waals surface area contributed by atoms with Crippen molar-refractivity contribution >= 4 is 18.4 Å². The zero-order chi connectivity index (χ0) is 10.7. The number of halogens is 1. The van der Waals surface area contributed by atoms with Gasteiger partial charge in [-0.3, -0.25) is 0 Å². The summed E-state index contributed by atoms with van der Waals surface area (Å²) < 4.78 is 0. The Morgan fingerprint density at radius 3 is 2.50 bits per heavy atom. The summed E-state index contributed by atoms with van der Waals surface area (Å²) in [5.41, 5.74) is 1.61. The third-order valence-corrected chi connectivity index (χ3v) is 2.93. The smallest absolute Gasteiger partial charge is 0.335 e. The molecule has 1 aliphatic heterocycles. The van der Waals surface area contributed by atoms with E-state index in [1.54, 1.807) is 12.1 Å². The number of hydrogen-bond donors (Lipinski definition) is 2. The van der Waals surface area contributed by atoms with Gasteiger partial charge >= 0.3 is 5.97 Å². The highest BCUT2D eigenvalue weighted by Crippen LogP contribution is 2.23. The van der Waals surface area contributed by atoms with E-state index in [1.807, 2.05) is 12.1 Å². The number of hydrogen-bond acceptors (Lipinski definition) is 2. The van der Waals surface area contributed by atoms with Crippen molar-refractivity contribution in [3.63, 3.8) is 0 Å². The summed E-state index contributed by atoms with van der Waals surface area (Å²) in [6, 6.07) is 7.24. The van der Waals surface area contributed by atoms with Gasteiger partial charge in [-0.05, 0) is 43.0 Å². The van der Waals surface area contributed by atoms with Gasteiger partial charge in [0, 0.05) is 6.54 Å². The van der Waals surface area contributed by atoms with Gasteiger partial charge in [-0.15, -0.1) is 12.4 Å². The Morgan fingerprint density at radius 2 is 2.00 bits per heavy atom. The number of carboxylic acids is 1. The van der Waals surface area contributed by atoms with Crippen molar-refractivity contribution in [3.05, 3.63) is 35.4 Å². The average Bonchev–Trinajstić information content (AvgIpc) is 2.30. The van der Waals surface area contributed by atoms with Gasteiger partial charge in [0.2, 0.25) is 0 Å². The van der Waals surface area contributed by atoms with Crippen LogP contribution in [0, 0.1) is 0 Å². The number of nitrogens with one attached hydrogen (secondary N) is 1. The Morgan fingerprint density at radius 1 is 1.31 bits per heavy atom. The second-order valence-corrected chi connectivity index (χ2v) is 3.97. The van der Waals surface area contributed by atoms with E-state index in [1.165, 1.54) is 18.4 Å². The molecule has 0 unspecified atom stereocenters. The molecular weight excluding hydrogens is 226 g/mol. The number of aromatic carboxylic acids is 1. The normalized spacial score (nSPS) is 19.9. The van der Waals surface area contributed by atoms with Gasteiger partial charge in [0.15, 0.2) is 0 Å². The van der Waals surface area contributed by atoms with E-state index >= 15 is 0 Å². The van der Waals surface area contributed by atoms with Gasteiger partial charge in [-0.2, -0.15) is 0 Å². The molecule has 88 valence electrons. The molecule has 0 bridgehead atoms. The Bertz CT molecular complexity index is 345. The fourth-order valence-electron chi connectivity index (χ4n) is 2.03. The molecule has 1 fully saturated rings. The van der Waals surface area contributed by atoms with Gasteiger partial charge in [0.1, 0.15) is 0 Å². The van der Waals surface area contributed by atoms with Crippen LogP contribution >= 0.6 is 12.4 Å². The van der Waals surface area contributed by atoms with Crippen LogP contribution in [0.3, 0.4) is 0 Å². The molecule has 1 aromatic carbocycles. The molecule has 4 heteroatoms. The van der Waals surface area contributed by atoms with Crippen LogP contribution in [0.4, 0.5) is 0 Å². The predicted octanol–water partition coefficient (Wildman–Crippen LogP) is 2.27. The topological polar surface area (TPSA) is 49.3 Å². The van der Waals surface area contributed by atoms with Crippen molar-refractivity contribution < 1.29 is 9.90 Å². The largest absolute Gasteiger partial charge is 0.478 e. The van der Waals surface area contributed by atoms with Crippen molar-refractivity contribution in [1.29, 1.82) is 0 Å². The monoisotopic (exact) mass is 241 g/mol. The highest BCUT2D eigenvalue weighted by molar-refractivity contribution is 5.87. The minimum Gasteiger partial charge on any atom is -0.478 e. The molecule has 0 radical (unpaired) electrons. The lowest BCUT2D eigenvalue weighted by molar-refractivity contribution is 0.0697. The number of benzene rings is 1. The highest BCUT2D eigenvalue weighted by Gasteiger charge is 2.15. The standard InChI is InChI=1S/C12H15NO2.ClH/c14-12(15)10-5-3-9(4-6-10)11-2-1-7-13-8-11;/h3-6,11,13H,1-2,7-8H2,(H,14,15);1H/t11-;/m1./s1. The van der Waals surface area contributed by atoms with Crippen molar-refractivity contribution in [2.75, 3.05) is 13.1 Å². The summed E-state index contributed by atoms with van der Waals surface area (Å²) in [6.07, 6.45) is 2.39. The summed E-state index contributed by atoms with van der Waals surface area (Å²) in [5.74, 6) is -0.315. The van der Waals surface area contributed by atoms with Gasteiger partial charge in [-0.25, -0.2) is 4.79 Å². The number of carboxylic acid groups (broad SMARTS) is 1. The fraction of sp³-hybridized carbons (Fsp3) is 0.417. The predicted molar refractivity (Wildman–Crippen MR) is 65.5 cm³/mol. The minimum absolute atomic E-state index is 0. The molecule has 3 nitrogen and oxygen atoms in total. The zero-order valence-electron chi connectivity index (χ0n) is 8.98. The van der Waals surface area contributed by atoms with Crippen LogP contribution < -0.4 is 5.32 Å². The van der Waals surface area contributed by atoms with Crippen LogP contribution in [0.5, 0.6) is 0 Å². The second-order valence-electron chi connectivity index (χ2n) is 3.97. The molecule has 0 aliphatic carbocycles. The molecular formula is C12H16ClNO2. The Balaban J connectivity index is 0.00000128. The molecule has 1 aromatic rings. The Kier molecular flexibility index (Phi) is 4.77. The van der Waals surface area contributed by atoms with Crippen LogP contribution in [0.2, 0.25) is 0 Å². The minimum atomic E-state index is -0.858. The second kappa shape index (κ2) is 5.87. The van der Waals surface area contributed by atoms with Crippen LogP contribution in [0.25, 0.3) is 0 Å². The molecule has 0 spiro atoms. The molecule has 1 heterocycles. The maximum atomic E-state index is 10.7. The molecule has 0 aromatic heterocycles. The lowest BCUT2D eigenvalue weighted by atomic mass is 9.91. The Labute approximate surface area is 101 Å². The molecule has 1 aliphatic rings. The first kappa shape index (κ1) is 13.0. The van der Waals surface area contributed by atoms with Crippen molar-refractivity contribution in [3.8, 4) is 0 Å². The van der Waals surface area contributed by atoms with E-state index in [-0.39, 0.29) is 12.4 Å². The van der Waals surface area contributed by atoms with E-state index in [2.05, 4.69) is 5.32 Å². The summed E-state index contributed by atoms with van der Waals surface area (Å²) >= 11 is 0. The Hall–Kier alpha value is -1.06. The van der Waals surface area contributed by atoms with Crippen LogP contribution in [0.15, 0.2) is 24.3 Å². The maximum absolute atomic E-state index is 10.7. The molecule has 2 N–H and O–H groups in total. The van der Waals surface area contributed by atoms with Crippen LogP contribution in [-0.2, 0) is 0 Å². The third-order valence-electron chi connectivity index (χ3n) is 2.93. The quantitative estimate of drug-likeness (QED) is 0.835. The van der Waals surface area contributed by atoms with E-state index in [0.717, 1.165) is 13.1 Å². The molecule has 1 saturated heterocycles. The lowest BCUT2D eigenvalue weighted by Crippen LogP contribution is -2.28. The lowest BCUT2D eigenvalue weighted by Gasteiger charge is -2.23. The fourth-order valence-corrected chi connectivity index (χ4v) is 2.03. The van der Waals surface area contributed by atoms with Crippen molar-refractivity contribution in [2.45, 2.75) is 18.8 Å². The molecule has 16 heavy (non-hydrogen) atoms. The maximum Gasteiger partial charge on any atom is 0.335 e. The molecule has 1 atom stereocenters. The average molecular weight is 242 g/mol. The van der Waals surface area contributed by atoms with Crippen LogP contribution in [-0.4, -0.2) is 24.2 Å². The summed E-state index contributed by atoms with van der Waals surface area (Å²) in [4.78, 5) is 10.7. The van der Waals surface area contributed by atoms with Crippen LogP contribution in [0.1, 0.15) is 34.7 Å².